The number of hydrogen-bond donors (Lipinski definition) is 1. The smallest absolute Gasteiger partial charge is 0.263 e. The lowest BCUT2D eigenvalue weighted by atomic mass is 10.1. The lowest BCUT2D eigenvalue weighted by Gasteiger charge is -2.20. The SMILES string of the molecule is Cc1ccc(N2C(=O)[C@H]3N=NN(CC(=O)Nc4cccc(F)c4)[C@H]3C2=O)cc1. The Hall–Kier alpha value is -3.62. The summed E-state index contributed by atoms with van der Waals surface area (Å²) in [5, 5.41) is 11.4. The van der Waals surface area contributed by atoms with E-state index in [0.717, 1.165) is 10.5 Å². The standard InChI is InChI=1S/C19H16FN5O3/c1-11-5-7-14(8-6-11)25-18(27)16-17(19(25)28)24(23-22-16)10-15(26)21-13-4-2-3-12(20)9-13/h2-9,16-17H,10H2,1H3,(H,21,26)/t16-,17+/m0/s1. The van der Waals surface area contributed by atoms with Gasteiger partial charge in [-0.3, -0.25) is 19.4 Å². The zero-order valence-electron chi connectivity index (χ0n) is 14.9. The largest absolute Gasteiger partial charge is 0.324 e. The van der Waals surface area contributed by atoms with Crippen molar-refractivity contribution in [3.63, 3.8) is 0 Å². The number of amides is 3. The van der Waals surface area contributed by atoms with Gasteiger partial charge in [0.05, 0.1) is 5.69 Å². The molecule has 1 N–H and O–H groups in total. The number of anilines is 2. The number of rotatable bonds is 4. The predicted octanol–water partition coefficient (Wildman–Crippen LogP) is 2.07. The highest BCUT2D eigenvalue weighted by Crippen LogP contribution is 2.31. The zero-order chi connectivity index (χ0) is 19.8. The van der Waals surface area contributed by atoms with E-state index in [4.69, 9.17) is 0 Å². The summed E-state index contributed by atoms with van der Waals surface area (Å²) in [4.78, 5) is 38.8. The molecule has 0 spiro atoms. The predicted molar refractivity (Wildman–Crippen MR) is 97.8 cm³/mol. The summed E-state index contributed by atoms with van der Waals surface area (Å²) in [6.07, 6.45) is 0. The molecule has 2 aliphatic heterocycles. The maximum Gasteiger partial charge on any atom is 0.263 e. The molecule has 0 unspecified atom stereocenters. The number of benzene rings is 2. The van der Waals surface area contributed by atoms with Gasteiger partial charge in [0, 0.05) is 5.69 Å². The minimum atomic E-state index is -0.976. The lowest BCUT2D eigenvalue weighted by Crippen LogP contribution is -2.43. The summed E-state index contributed by atoms with van der Waals surface area (Å²) < 4.78 is 13.2. The highest BCUT2D eigenvalue weighted by atomic mass is 19.1. The molecule has 2 aromatic carbocycles. The van der Waals surface area contributed by atoms with Crippen molar-refractivity contribution in [2.75, 3.05) is 16.8 Å². The van der Waals surface area contributed by atoms with Crippen LogP contribution in [0.2, 0.25) is 0 Å². The first-order chi connectivity index (χ1) is 13.4. The van der Waals surface area contributed by atoms with Crippen LogP contribution < -0.4 is 10.2 Å². The van der Waals surface area contributed by atoms with E-state index in [1.165, 1.54) is 23.2 Å². The summed E-state index contributed by atoms with van der Waals surface area (Å²) in [7, 11) is 0. The van der Waals surface area contributed by atoms with Crippen molar-refractivity contribution in [1.29, 1.82) is 0 Å². The van der Waals surface area contributed by atoms with Gasteiger partial charge in [0.2, 0.25) is 5.91 Å². The molecule has 3 amide bonds. The van der Waals surface area contributed by atoms with Gasteiger partial charge in [0.1, 0.15) is 12.4 Å². The van der Waals surface area contributed by atoms with Crippen molar-refractivity contribution in [3.05, 3.63) is 59.9 Å². The molecule has 0 aromatic heterocycles. The number of aryl methyl sites for hydroxylation is 1. The van der Waals surface area contributed by atoms with E-state index in [9.17, 15) is 18.8 Å². The van der Waals surface area contributed by atoms with E-state index in [0.29, 0.717) is 5.69 Å². The van der Waals surface area contributed by atoms with Crippen LogP contribution in [-0.4, -0.2) is 41.4 Å². The molecule has 2 heterocycles. The third kappa shape index (κ3) is 3.11. The Morgan fingerprint density at radius 2 is 1.89 bits per heavy atom. The van der Waals surface area contributed by atoms with Crippen LogP contribution in [0.15, 0.2) is 58.9 Å². The Labute approximate surface area is 159 Å². The molecule has 2 aliphatic rings. The molecule has 9 heteroatoms. The quantitative estimate of drug-likeness (QED) is 0.821. The van der Waals surface area contributed by atoms with Crippen molar-refractivity contribution in [1.82, 2.24) is 5.01 Å². The number of halogens is 1. The molecule has 2 aromatic rings. The molecule has 2 atom stereocenters. The Morgan fingerprint density at radius 3 is 2.61 bits per heavy atom. The Balaban J connectivity index is 1.48. The van der Waals surface area contributed by atoms with Gasteiger partial charge in [-0.2, -0.15) is 5.11 Å². The van der Waals surface area contributed by atoms with E-state index in [1.54, 1.807) is 30.3 Å². The van der Waals surface area contributed by atoms with Crippen molar-refractivity contribution < 1.29 is 18.8 Å². The van der Waals surface area contributed by atoms with Gasteiger partial charge in [0.15, 0.2) is 12.1 Å². The third-order valence-electron chi connectivity index (χ3n) is 4.56. The van der Waals surface area contributed by atoms with Crippen molar-refractivity contribution in [3.8, 4) is 0 Å². The zero-order valence-corrected chi connectivity index (χ0v) is 14.9. The molecule has 4 rings (SSSR count). The second-order valence-corrected chi connectivity index (χ2v) is 6.60. The molecule has 8 nitrogen and oxygen atoms in total. The van der Waals surface area contributed by atoms with Crippen LogP contribution in [-0.2, 0) is 14.4 Å². The molecule has 1 saturated heterocycles. The number of hydrogen-bond acceptors (Lipinski definition) is 6. The van der Waals surface area contributed by atoms with Crippen LogP contribution in [0.3, 0.4) is 0 Å². The summed E-state index contributed by atoms with van der Waals surface area (Å²) >= 11 is 0. The van der Waals surface area contributed by atoms with Crippen molar-refractivity contribution in [2.24, 2.45) is 10.3 Å². The molecule has 0 saturated carbocycles. The number of carbonyl (C=O) groups excluding carboxylic acids is 3. The monoisotopic (exact) mass is 381 g/mol. The summed E-state index contributed by atoms with van der Waals surface area (Å²) in [6, 6.07) is 10.5. The molecule has 28 heavy (non-hydrogen) atoms. The Bertz CT molecular complexity index is 991. The highest BCUT2D eigenvalue weighted by molar-refractivity contribution is 6.25. The summed E-state index contributed by atoms with van der Waals surface area (Å²) in [5.74, 6) is -1.94. The molecule has 0 radical (unpaired) electrons. The minimum absolute atomic E-state index is 0.285. The van der Waals surface area contributed by atoms with Crippen LogP contribution in [0.1, 0.15) is 5.56 Å². The van der Waals surface area contributed by atoms with Crippen LogP contribution in [0.5, 0.6) is 0 Å². The van der Waals surface area contributed by atoms with E-state index in [2.05, 4.69) is 15.7 Å². The van der Waals surface area contributed by atoms with E-state index < -0.39 is 35.6 Å². The van der Waals surface area contributed by atoms with Crippen LogP contribution in [0.25, 0.3) is 0 Å². The topological polar surface area (TPSA) is 94.4 Å². The van der Waals surface area contributed by atoms with Crippen molar-refractivity contribution >= 4 is 29.1 Å². The molecule has 142 valence electrons. The first-order valence-electron chi connectivity index (χ1n) is 8.61. The summed E-state index contributed by atoms with van der Waals surface area (Å²) in [5.41, 5.74) is 1.74. The average molecular weight is 381 g/mol. The minimum Gasteiger partial charge on any atom is -0.324 e. The maximum atomic E-state index is 13.2. The molecule has 1 fully saturated rings. The van der Waals surface area contributed by atoms with Crippen molar-refractivity contribution in [2.45, 2.75) is 19.0 Å². The van der Waals surface area contributed by atoms with Gasteiger partial charge >= 0.3 is 0 Å². The van der Waals surface area contributed by atoms with E-state index >= 15 is 0 Å². The first-order valence-corrected chi connectivity index (χ1v) is 8.61. The second kappa shape index (κ2) is 6.84. The number of fused-ring (bicyclic) bond motifs is 1. The lowest BCUT2D eigenvalue weighted by molar-refractivity contribution is -0.123. The number of carbonyl (C=O) groups is 3. The van der Waals surface area contributed by atoms with Gasteiger partial charge in [-0.15, -0.1) is 0 Å². The number of imide groups is 1. The van der Waals surface area contributed by atoms with Gasteiger partial charge in [-0.25, -0.2) is 9.29 Å². The Kier molecular flexibility index (Phi) is 4.34. The number of nitrogens with one attached hydrogen (secondary N) is 1. The van der Waals surface area contributed by atoms with Crippen LogP contribution >= 0.6 is 0 Å². The first kappa shape index (κ1) is 17.8. The third-order valence-corrected chi connectivity index (χ3v) is 4.56. The highest BCUT2D eigenvalue weighted by Gasteiger charge is 2.55. The molecular weight excluding hydrogens is 365 g/mol. The maximum absolute atomic E-state index is 13.2. The van der Waals surface area contributed by atoms with Gasteiger partial charge in [-0.05, 0) is 37.3 Å². The Morgan fingerprint density at radius 1 is 1.14 bits per heavy atom. The molecule has 0 bridgehead atoms. The fourth-order valence-corrected chi connectivity index (χ4v) is 3.22. The molecule has 0 aliphatic carbocycles. The van der Waals surface area contributed by atoms with E-state index in [1.807, 2.05) is 6.92 Å². The van der Waals surface area contributed by atoms with Crippen LogP contribution in [0.4, 0.5) is 15.8 Å². The fourth-order valence-electron chi connectivity index (χ4n) is 3.22. The molecular formula is C19H16FN5O3. The second-order valence-electron chi connectivity index (χ2n) is 6.60. The van der Waals surface area contributed by atoms with Gasteiger partial charge < -0.3 is 5.32 Å². The normalized spacial score (nSPS) is 20.6. The van der Waals surface area contributed by atoms with Crippen LogP contribution in [0, 0.1) is 12.7 Å². The number of nitrogens with zero attached hydrogens (tertiary/aromatic N) is 4. The average Bonchev–Trinajstić information content (AvgIpc) is 3.16. The van der Waals surface area contributed by atoms with Gasteiger partial charge in [-0.1, -0.05) is 29.0 Å². The van der Waals surface area contributed by atoms with Gasteiger partial charge in [0.25, 0.3) is 11.8 Å². The fraction of sp³-hybridized carbons (Fsp3) is 0.211. The summed E-state index contributed by atoms with van der Waals surface area (Å²) in [6.45, 7) is 1.61. The van der Waals surface area contributed by atoms with E-state index in [-0.39, 0.29) is 12.2 Å².